The Bertz CT molecular complexity index is 652. The summed E-state index contributed by atoms with van der Waals surface area (Å²) >= 11 is 0. The van der Waals surface area contributed by atoms with Gasteiger partial charge in [0.25, 0.3) is 0 Å². The number of nitrogens with zero attached hydrogens (tertiary/aromatic N) is 3. The lowest BCUT2D eigenvalue weighted by molar-refractivity contribution is 0.0888. The maximum absolute atomic E-state index is 5.75. The van der Waals surface area contributed by atoms with Crippen molar-refractivity contribution in [2.24, 2.45) is 10.9 Å². The summed E-state index contributed by atoms with van der Waals surface area (Å²) in [4.78, 5) is 9.31. The molecule has 2 heterocycles. The van der Waals surface area contributed by atoms with Crippen LogP contribution in [0.2, 0.25) is 0 Å². The highest BCUT2D eigenvalue weighted by atomic mass is 127. The molecular weight excluding hydrogens is 517 g/mol. The van der Waals surface area contributed by atoms with E-state index >= 15 is 0 Å². The summed E-state index contributed by atoms with van der Waals surface area (Å²) in [5.41, 5.74) is 2.66. The lowest BCUT2D eigenvalue weighted by Gasteiger charge is -2.20. The van der Waals surface area contributed by atoms with Gasteiger partial charge < -0.3 is 25.0 Å². The van der Waals surface area contributed by atoms with Crippen LogP contribution in [-0.4, -0.2) is 89.0 Å². The zero-order valence-electron chi connectivity index (χ0n) is 19.9. The molecule has 0 aliphatic carbocycles. The van der Waals surface area contributed by atoms with Gasteiger partial charge in [-0.3, -0.25) is 9.89 Å². The minimum absolute atomic E-state index is 0. The predicted molar refractivity (Wildman–Crippen MR) is 142 cm³/mol. The van der Waals surface area contributed by atoms with Gasteiger partial charge in [-0.25, -0.2) is 0 Å². The SMILES string of the molecule is CN=C(NCCCOCC1CCOC1)NCc1ccc(CN2CCCN(C)CC2)cc1.I. The molecule has 2 saturated heterocycles. The smallest absolute Gasteiger partial charge is 0.191 e. The molecule has 2 N–H and O–H groups in total. The second-order valence-corrected chi connectivity index (χ2v) is 8.76. The largest absolute Gasteiger partial charge is 0.381 e. The first-order valence-corrected chi connectivity index (χ1v) is 11.8. The van der Waals surface area contributed by atoms with E-state index in [1.165, 1.54) is 30.6 Å². The highest BCUT2D eigenvalue weighted by Crippen LogP contribution is 2.12. The third-order valence-corrected chi connectivity index (χ3v) is 6.06. The van der Waals surface area contributed by atoms with Crippen molar-refractivity contribution in [2.45, 2.75) is 32.4 Å². The Morgan fingerprint density at radius 3 is 2.69 bits per heavy atom. The van der Waals surface area contributed by atoms with Gasteiger partial charge in [-0.1, -0.05) is 24.3 Å². The van der Waals surface area contributed by atoms with Gasteiger partial charge in [-0.15, -0.1) is 24.0 Å². The van der Waals surface area contributed by atoms with E-state index in [1.807, 2.05) is 7.05 Å². The monoisotopic (exact) mass is 559 g/mol. The summed E-state index contributed by atoms with van der Waals surface area (Å²) in [6.07, 6.45) is 3.35. The van der Waals surface area contributed by atoms with E-state index in [1.54, 1.807) is 0 Å². The first-order chi connectivity index (χ1) is 15.2. The van der Waals surface area contributed by atoms with Crippen molar-refractivity contribution in [3.8, 4) is 0 Å². The van der Waals surface area contributed by atoms with E-state index in [2.05, 4.69) is 56.7 Å². The molecule has 1 unspecified atom stereocenters. The average Bonchev–Trinajstić information content (AvgIpc) is 3.22. The normalized spacial score (nSPS) is 20.6. The van der Waals surface area contributed by atoms with Crippen LogP contribution in [0.5, 0.6) is 0 Å². The van der Waals surface area contributed by atoms with Crippen molar-refractivity contribution in [3.63, 3.8) is 0 Å². The van der Waals surface area contributed by atoms with Gasteiger partial charge in [-0.2, -0.15) is 0 Å². The summed E-state index contributed by atoms with van der Waals surface area (Å²) in [5, 5.41) is 6.77. The summed E-state index contributed by atoms with van der Waals surface area (Å²) in [5.74, 6) is 1.42. The van der Waals surface area contributed by atoms with Crippen LogP contribution in [0.4, 0.5) is 0 Å². The molecule has 7 nitrogen and oxygen atoms in total. The number of ether oxygens (including phenoxy) is 2. The molecule has 0 aromatic heterocycles. The summed E-state index contributed by atoms with van der Waals surface area (Å²) in [6, 6.07) is 8.96. The first-order valence-electron chi connectivity index (χ1n) is 11.8. The number of halogens is 1. The number of benzene rings is 1. The molecule has 2 aliphatic heterocycles. The molecule has 2 fully saturated rings. The number of hydrogen-bond donors (Lipinski definition) is 2. The maximum atomic E-state index is 5.75. The van der Waals surface area contributed by atoms with Crippen LogP contribution in [0, 0.1) is 5.92 Å². The van der Waals surface area contributed by atoms with Crippen LogP contribution in [0.25, 0.3) is 0 Å². The number of hydrogen-bond acceptors (Lipinski definition) is 5. The minimum Gasteiger partial charge on any atom is -0.381 e. The molecule has 0 radical (unpaired) electrons. The molecule has 32 heavy (non-hydrogen) atoms. The second-order valence-electron chi connectivity index (χ2n) is 8.76. The molecule has 0 amide bonds. The summed E-state index contributed by atoms with van der Waals surface area (Å²) in [7, 11) is 4.03. The third kappa shape index (κ3) is 10.3. The van der Waals surface area contributed by atoms with Crippen LogP contribution in [0.3, 0.4) is 0 Å². The van der Waals surface area contributed by atoms with E-state index in [0.717, 1.165) is 78.0 Å². The highest BCUT2D eigenvalue weighted by Gasteiger charge is 2.15. The van der Waals surface area contributed by atoms with Gasteiger partial charge in [0.2, 0.25) is 0 Å². The Balaban J connectivity index is 0.00000363. The first kappa shape index (κ1) is 27.3. The van der Waals surface area contributed by atoms with E-state index in [0.29, 0.717) is 5.92 Å². The average molecular weight is 560 g/mol. The highest BCUT2D eigenvalue weighted by molar-refractivity contribution is 14.0. The fourth-order valence-corrected chi connectivity index (χ4v) is 4.03. The molecule has 0 saturated carbocycles. The van der Waals surface area contributed by atoms with Gasteiger partial charge in [0, 0.05) is 58.9 Å². The van der Waals surface area contributed by atoms with Crippen molar-refractivity contribution in [3.05, 3.63) is 35.4 Å². The van der Waals surface area contributed by atoms with Crippen LogP contribution >= 0.6 is 24.0 Å². The van der Waals surface area contributed by atoms with E-state index in [4.69, 9.17) is 9.47 Å². The number of aliphatic imine (C=N–C) groups is 1. The predicted octanol–water partition coefficient (Wildman–Crippen LogP) is 2.55. The zero-order chi connectivity index (χ0) is 21.7. The fraction of sp³-hybridized carbons (Fsp3) is 0.708. The molecular formula is C24H42IN5O2. The summed E-state index contributed by atoms with van der Waals surface area (Å²) in [6.45, 7) is 10.7. The third-order valence-electron chi connectivity index (χ3n) is 6.06. The quantitative estimate of drug-likeness (QED) is 0.199. The molecule has 3 rings (SSSR count). The van der Waals surface area contributed by atoms with Crippen LogP contribution < -0.4 is 10.6 Å². The van der Waals surface area contributed by atoms with Crippen LogP contribution in [-0.2, 0) is 22.6 Å². The van der Waals surface area contributed by atoms with Gasteiger partial charge in [0.05, 0.1) is 13.2 Å². The van der Waals surface area contributed by atoms with Crippen molar-refractivity contribution < 1.29 is 9.47 Å². The molecule has 0 spiro atoms. The molecule has 1 aromatic rings. The number of likely N-dealkylation sites (N-methyl/N-ethyl adjacent to an activating group) is 1. The van der Waals surface area contributed by atoms with E-state index < -0.39 is 0 Å². The lowest BCUT2D eigenvalue weighted by Crippen LogP contribution is -2.37. The van der Waals surface area contributed by atoms with E-state index in [9.17, 15) is 0 Å². The van der Waals surface area contributed by atoms with Gasteiger partial charge >= 0.3 is 0 Å². The molecule has 1 aromatic carbocycles. The maximum Gasteiger partial charge on any atom is 0.191 e. The van der Waals surface area contributed by atoms with Crippen molar-refractivity contribution >= 4 is 29.9 Å². The molecule has 182 valence electrons. The zero-order valence-corrected chi connectivity index (χ0v) is 22.2. The lowest BCUT2D eigenvalue weighted by atomic mass is 10.1. The number of nitrogens with one attached hydrogen (secondary N) is 2. The topological polar surface area (TPSA) is 61.4 Å². The molecule has 8 heteroatoms. The van der Waals surface area contributed by atoms with Gasteiger partial charge in [0.15, 0.2) is 5.96 Å². The molecule has 0 bridgehead atoms. The van der Waals surface area contributed by atoms with Gasteiger partial charge in [-0.05, 0) is 50.5 Å². The number of rotatable bonds is 10. The fourth-order valence-electron chi connectivity index (χ4n) is 4.03. The Hall–Kier alpha value is -0.940. The van der Waals surface area contributed by atoms with Crippen molar-refractivity contribution in [1.29, 1.82) is 0 Å². The van der Waals surface area contributed by atoms with Crippen LogP contribution in [0.15, 0.2) is 29.3 Å². The van der Waals surface area contributed by atoms with Crippen LogP contribution in [0.1, 0.15) is 30.4 Å². The van der Waals surface area contributed by atoms with Crippen molar-refractivity contribution in [1.82, 2.24) is 20.4 Å². The summed E-state index contributed by atoms with van der Waals surface area (Å²) < 4.78 is 11.1. The Labute approximate surface area is 211 Å². The van der Waals surface area contributed by atoms with Crippen molar-refractivity contribution in [2.75, 3.05) is 73.2 Å². The number of guanidine groups is 1. The molecule has 1 atom stereocenters. The minimum atomic E-state index is 0. The Morgan fingerprint density at radius 1 is 1.12 bits per heavy atom. The Morgan fingerprint density at radius 2 is 1.94 bits per heavy atom. The standard InChI is InChI=1S/C24H41N5O2.HI/c1-25-24(26-10-3-15-30-19-23-9-16-31-20-23)27-17-21-5-7-22(8-6-21)18-29-12-4-11-28(2)13-14-29;/h5-8,23H,3-4,9-20H2,1-2H3,(H2,25,26,27);1H. The second kappa shape index (κ2) is 15.8. The molecule has 2 aliphatic rings. The van der Waals surface area contributed by atoms with E-state index in [-0.39, 0.29) is 24.0 Å². The Kier molecular flexibility index (Phi) is 13.5. The van der Waals surface area contributed by atoms with Gasteiger partial charge in [0.1, 0.15) is 0 Å².